The highest BCUT2D eigenvalue weighted by molar-refractivity contribution is 5.63. The van der Waals surface area contributed by atoms with Crippen molar-refractivity contribution in [3.05, 3.63) is 28.3 Å². The summed E-state index contributed by atoms with van der Waals surface area (Å²) in [6.07, 6.45) is 3.43. The Bertz CT molecular complexity index is 488. The molecule has 0 bridgehead atoms. The maximum atomic E-state index is 10.9. The Hall–Kier alpha value is -1.82. The van der Waals surface area contributed by atoms with Gasteiger partial charge < -0.3 is 10.7 Å². The predicted molar refractivity (Wildman–Crippen MR) is 75.9 cm³/mol. The number of rotatable bonds is 4. The van der Waals surface area contributed by atoms with E-state index in [1.54, 1.807) is 12.1 Å². The lowest BCUT2D eigenvalue weighted by Gasteiger charge is -2.28. The van der Waals surface area contributed by atoms with E-state index in [1.165, 1.54) is 18.9 Å². The number of nitrogens with zero attached hydrogens (tertiary/aromatic N) is 1. The van der Waals surface area contributed by atoms with Gasteiger partial charge in [-0.15, -0.1) is 0 Å². The number of hydrogen-bond acceptors (Lipinski definition) is 5. The van der Waals surface area contributed by atoms with E-state index in [9.17, 15) is 10.1 Å². The molecule has 1 atom stereocenters. The molecule has 0 radical (unpaired) electrons. The topological polar surface area (TPSA) is 93.2 Å². The van der Waals surface area contributed by atoms with Crippen LogP contribution in [0, 0.1) is 15.5 Å². The number of non-ortho nitro benzene ring substituents is 1. The molecule has 1 aromatic carbocycles. The van der Waals surface area contributed by atoms with Crippen LogP contribution in [0.4, 0.5) is 17.1 Å². The van der Waals surface area contributed by atoms with Gasteiger partial charge in [0.05, 0.1) is 10.6 Å². The van der Waals surface area contributed by atoms with Crippen molar-refractivity contribution in [2.24, 2.45) is 11.3 Å². The molecule has 4 N–H and O–H groups in total. The van der Waals surface area contributed by atoms with E-state index in [0.29, 0.717) is 11.7 Å². The quantitative estimate of drug-likeness (QED) is 0.441. The fraction of sp³-hybridized carbons (Fsp3) is 0.538. The lowest BCUT2D eigenvalue weighted by atomic mass is 9.87. The number of nitro groups is 1. The van der Waals surface area contributed by atoms with Crippen LogP contribution < -0.4 is 16.6 Å². The van der Waals surface area contributed by atoms with E-state index in [-0.39, 0.29) is 11.1 Å². The van der Waals surface area contributed by atoms with Gasteiger partial charge in [0.1, 0.15) is 0 Å². The van der Waals surface area contributed by atoms with Crippen LogP contribution in [0.2, 0.25) is 0 Å². The fourth-order valence-corrected chi connectivity index (χ4v) is 2.68. The van der Waals surface area contributed by atoms with Crippen LogP contribution in [0.3, 0.4) is 0 Å². The summed E-state index contributed by atoms with van der Waals surface area (Å²) < 4.78 is 0. The molecule has 0 heterocycles. The minimum Gasteiger partial charge on any atom is -0.382 e. The Morgan fingerprint density at radius 3 is 2.58 bits per heavy atom. The van der Waals surface area contributed by atoms with Gasteiger partial charge in [-0.1, -0.05) is 20.3 Å². The standard InChI is InChI=1S/C13H20N4O2/c1-13(2)5-3-4-12(13)15-9-6-10(16-14)8-11(7-9)17(18)19/h6-8,12,15-16H,3-5,14H2,1-2H3. The van der Waals surface area contributed by atoms with E-state index in [1.807, 2.05) is 0 Å². The third-order valence-electron chi connectivity index (χ3n) is 3.89. The summed E-state index contributed by atoms with van der Waals surface area (Å²) in [5.74, 6) is 5.35. The van der Waals surface area contributed by atoms with Gasteiger partial charge in [-0.2, -0.15) is 0 Å². The van der Waals surface area contributed by atoms with Crippen LogP contribution in [0.5, 0.6) is 0 Å². The van der Waals surface area contributed by atoms with Crippen LogP contribution in [0.15, 0.2) is 18.2 Å². The number of hydrazine groups is 1. The Balaban J connectivity index is 2.24. The Morgan fingerprint density at radius 1 is 1.37 bits per heavy atom. The lowest BCUT2D eigenvalue weighted by molar-refractivity contribution is -0.384. The molecule has 1 aromatic rings. The molecule has 1 aliphatic carbocycles. The van der Waals surface area contributed by atoms with Gasteiger partial charge in [-0.25, -0.2) is 0 Å². The van der Waals surface area contributed by atoms with Crippen LogP contribution in [-0.2, 0) is 0 Å². The first-order valence-corrected chi connectivity index (χ1v) is 6.45. The minimum absolute atomic E-state index is 0.0359. The second-order valence-corrected chi connectivity index (χ2v) is 5.75. The van der Waals surface area contributed by atoms with Crippen molar-refractivity contribution in [1.82, 2.24) is 0 Å². The number of anilines is 2. The van der Waals surface area contributed by atoms with Crippen LogP contribution in [0.25, 0.3) is 0 Å². The number of nitro benzene ring substituents is 1. The zero-order valence-electron chi connectivity index (χ0n) is 11.3. The van der Waals surface area contributed by atoms with Crippen molar-refractivity contribution in [1.29, 1.82) is 0 Å². The Kier molecular flexibility index (Phi) is 3.61. The largest absolute Gasteiger partial charge is 0.382 e. The van der Waals surface area contributed by atoms with E-state index in [4.69, 9.17) is 5.84 Å². The molecule has 0 amide bonds. The molecule has 1 fully saturated rings. The summed E-state index contributed by atoms with van der Waals surface area (Å²) >= 11 is 0. The van der Waals surface area contributed by atoms with E-state index in [2.05, 4.69) is 24.6 Å². The van der Waals surface area contributed by atoms with Gasteiger partial charge in [0.2, 0.25) is 0 Å². The van der Waals surface area contributed by atoms with Crippen molar-refractivity contribution in [2.75, 3.05) is 10.7 Å². The summed E-state index contributed by atoms with van der Waals surface area (Å²) in [6, 6.07) is 5.10. The summed E-state index contributed by atoms with van der Waals surface area (Å²) in [4.78, 5) is 10.5. The molecule has 0 aromatic heterocycles. The highest BCUT2D eigenvalue weighted by Gasteiger charge is 2.34. The second-order valence-electron chi connectivity index (χ2n) is 5.75. The highest BCUT2D eigenvalue weighted by Crippen LogP contribution is 2.39. The molecule has 0 spiro atoms. The van der Waals surface area contributed by atoms with Crippen LogP contribution >= 0.6 is 0 Å². The van der Waals surface area contributed by atoms with Crippen molar-refractivity contribution in [3.8, 4) is 0 Å². The normalized spacial score (nSPS) is 21.1. The van der Waals surface area contributed by atoms with Gasteiger partial charge in [0.15, 0.2) is 0 Å². The SMILES string of the molecule is CC1(C)CCCC1Nc1cc(NN)cc([N+](=O)[O-])c1. The van der Waals surface area contributed by atoms with E-state index in [0.717, 1.165) is 12.1 Å². The minimum atomic E-state index is -0.411. The average Bonchev–Trinajstić information content (AvgIpc) is 2.68. The van der Waals surface area contributed by atoms with Gasteiger partial charge in [0, 0.05) is 23.9 Å². The zero-order valence-corrected chi connectivity index (χ0v) is 11.3. The molecule has 104 valence electrons. The molecule has 19 heavy (non-hydrogen) atoms. The number of benzene rings is 1. The van der Waals surface area contributed by atoms with Crippen molar-refractivity contribution >= 4 is 17.1 Å². The predicted octanol–water partition coefficient (Wildman–Crippen LogP) is 2.87. The fourth-order valence-electron chi connectivity index (χ4n) is 2.68. The maximum Gasteiger partial charge on any atom is 0.273 e. The molecule has 6 nitrogen and oxygen atoms in total. The Morgan fingerprint density at radius 2 is 2.05 bits per heavy atom. The molecule has 1 aliphatic rings. The maximum absolute atomic E-state index is 10.9. The van der Waals surface area contributed by atoms with Gasteiger partial charge in [-0.3, -0.25) is 16.0 Å². The first-order chi connectivity index (χ1) is 8.92. The van der Waals surface area contributed by atoms with E-state index >= 15 is 0 Å². The van der Waals surface area contributed by atoms with Crippen molar-refractivity contribution in [2.45, 2.75) is 39.2 Å². The molecule has 0 saturated heterocycles. The number of nitrogens with two attached hydrogens (primary N) is 1. The van der Waals surface area contributed by atoms with Crippen LogP contribution in [0.1, 0.15) is 33.1 Å². The van der Waals surface area contributed by atoms with Gasteiger partial charge in [-0.05, 0) is 24.3 Å². The first-order valence-electron chi connectivity index (χ1n) is 6.45. The molecule has 1 saturated carbocycles. The van der Waals surface area contributed by atoms with E-state index < -0.39 is 4.92 Å². The number of hydrogen-bond donors (Lipinski definition) is 3. The van der Waals surface area contributed by atoms with Gasteiger partial charge in [0.25, 0.3) is 5.69 Å². The smallest absolute Gasteiger partial charge is 0.273 e. The summed E-state index contributed by atoms with van der Waals surface area (Å²) in [5.41, 5.74) is 3.98. The molecule has 1 unspecified atom stereocenters. The summed E-state index contributed by atoms with van der Waals surface area (Å²) in [7, 11) is 0. The molecule has 2 rings (SSSR count). The number of nitrogen functional groups attached to an aromatic ring is 1. The first kappa shape index (κ1) is 13.6. The lowest BCUT2D eigenvalue weighted by Crippen LogP contribution is -2.30. The van der Waals surface area contributed by atoms with Gasteiger partial charge >= 0.3 is 0 Å². The van der Waals surface area contributed by atoms with Crippen LogP contribution in [-0.4, -0.2) is 11.0 Å². The summed E-state index contributed by atoms with van der Waals surface area (Å²) in [6.45, 7) is 4.44. The second kappa shape index (κ2) is 5.05. The number of nitrogens with one attached hydrogen (secondary N) is 2. The molecular weight excluding hydrogens is 244 g/mol. The molecule has 6 heteroatoms. The summed E-state index contributed by atoms with van der Waals surface area (Å²) in [5, 5.41) is 14.3. The highest BCUT2D eigenvalue weighted by atomic mass is 16.6. The molecular formula is C13H20N4O2. The molecule has 0 aliphatic heterocycles. The monoisotopic (exact) mass is 264 g/mol. The Labute approximate surface area is 112 Å². The third-order valence-corrected chi connectivity index (χ3v) is 3.89. The van der Waals surface area contributed by atoms with Crippen molar-refractivity contribution in [3.63, 3.8) is 0 Å². The average molecular weight is 264 g/mol. The third kappa shape index (κ3) is 2.96. The zero-order chi connectivity index (χ0) is 14.0. The van der Waals surface area contributed by atoms with Crippen molar-refractivity contribution < 1.29 is 4.92 Å².